The number of amides is 1. The Hall–Kier alpha value is -1.75. The van der Waals surface area contributed by atoms with Crippen LogP contribution in [-0.2, 0) is 10.2 Å². The van der Waals surface area contributed by atoms with Gasteiger partial charge in [-0.1, -0.05) is 25.3 Å². The molecule has 1 saturated heterocycles. The quantitative estimate of drug-likeness (QED) is 0.831. The van der Waals surface area contributed by atoms with E-state index in [0.29, 0.717) is 6.54 Å². The van der Waals surface area contributed by atoms with E-state index in [1.54, 1.807) is 14.2 Å². The standard InChI is InChI=1S/C20H30N2O3/c1-24-17-7-6-16(12-18(17)25-2)20(9-4-3-5-10-20)14-22-19(23)15-8-11-21-13-15/h6-7,12,15,21H,3-5,8-11,13-14H2,1-2H3,(H,22,23)/t15-/m0/s1. The minimum Gasteiger partial charge on any atom is -0.493 e. The molecule has 1 atom stereocenters. The van der Waals surface area contributed by atoms with Crippen molar-refractivity contribution in [1.29, 1.82) is 0 Å². The van der Waals surface area contributed by atoms with Gasteiger partial charge in [0.2, 0.25) is 5.91 Å². The van der Waals surface area contributed by atoms with Gasteiger partial charge in [0.25, 0.3) is 0 Å². The number of rotatable bonds is 6. The first-order valence-corrected chi connectivity index (χ1v) is 9.39. The second-order valence-electron chi connectivity index (χ2n) is 7.32. The fourth-order valence-electron chi connectivity index (χ4n) is 4.24. The molecule has 1 aromatic rings. The van der Waals surface area contributed by atoms with Crippen molar-refractivity contribution in [3.05, 3.63) is 23.8 Å². The Morgan fingerprint density at radius 3 is 2.60 bits per heavy atom. The van der Waals surface area contributed by atoms with E-state index in [1.165, 1.54) is 24.8 Å². The molecule has 1 amide bonds. The van der Waals surface area contributed by atoms with Crippen LogP contribution in [0.15, 0.2) is 18.2 Å². The molecule has 2 N–H and O–H groups in total. The second-order valence-corrected chi connectivity index (χ2v) is 7.32. The predicted molar refractivity (Wildman–Crippen MR) is 98.3 cm³/mol. The van der Waals surface area contributed by atoms with Crippen LogP contribution >= 0.6 is 0 Å². The van der Waals surface area contributed by atoms with Gasteiger partial charge in [-0.2, -0.15) is 0 Å². The maximum absolute atomic E-state index is 12.5. The summed E-state index contributed by atoms with van der Waals surface area (Å²) in [7, 11) is 3.33. The van der Waals surface area contributed by atoms with E-state index in [0.717, 1.165) is 43.9 Å². The van der Waals surface area contributed by atoms with E-state index in [1.807, 2.05) is 6.07 Å². The minimum absolute atomic E-state index is 0.000502. The number of benzene rings is 1. The summed E-state index contributed by atoms with van der Waals surface area (Å²) in [6.07, 6.45) is 6.83. The van der Waals surface area contributed by atoms with Crippen molar-refractivity contribution in [1.82, 2.24) is 10.6 Å². The summed E-state index contributed by atoms with van der Waals surface area (Å²) < 4.78 is 10.9. The highest BCUT2D eigenvalue weighted by Crippen LogP contribution is 2.42. The lowest BCUT2D eigenvalue weighted by molar-refractivity contribution is -0.124. The summed E-state index contributed by atoms with van der Waals surface area (Å²) in [6.45, 7) is 2.45. The number of hydrogen-bond donors (Lipinski definition) is 2. The first-order valence-electron chi connectivity index (χ1n) is 9.39. The third kappa shape index (κ3) is 3.92. The van der Waals surface area contributed by atoms with Crippen molar-refractivity contribution in [2.75, 3.05) is 33.9 Å². The maximum atomic E-state index is 12.5. The topological polar surface area (TPSA) is 59.6 Å². The van der Waals surface area contributed by atoms with Crippen molar-refractivity contribution < 1.29 is 14.3 Å². The molecule has 2 fully saturated rings. The molecule has 2 aliphatic rings. The fourth-order valence-corrected chi connectivity index (χ4v) is 4.24. The Bertz CT molecular complexity index is 591. The SMILES string of the molecule is COc1ccc(C2(CNC(=O)[C@H]3CCNC3)CCCCC2)cc1OC. The minimum atomic E-state index is -0.000502. The molecular formula is C20H30N2O3. The van der Waals surface area contributed by atoms with Gasteiger partial charge in [0.1, 0.15) is 0 Å². The molecule has 1 heterocycles. The van der Waals surface area contributed by atoms with Crippen LogP contribution in [-0.4, -0.2) is 39.8 Å². The average Bonchev–Trinajstić information content (AvgIpc) is 3.21. The first kappa shape index (κ1) is 18.1. The molecule has 0 aromatic heterocycles. The Kier molecular flexibility index (Phi) is 5.84. The van der Waals surface area contributed by atoms with Crippen LogP contribution < -0.4 is 20.1 Å². The maximum Gasteiger partial charge on any atom is 0.224 e. The summed E-state index contributed by atoms with van der Waals surface area (Å²) in [6, 6.07) is 6.20. The molecule has 1 aromatic carbocycles. The highest BCUT2D eigenvalue weighted by molar-refractivity contribution is 5.79. The van der Waals surface area contributed by atoms with Gasteiger partial charge in [-0.15, -0.1) is 0 Å². The summed E-state index contributed by atoms with van der Waals surface area (Å²) in [5.74, 6) is 1.82. The van der Waals surface area contributed by atoms with Crippen molar-refractivity contribution >= 4 is 5.91 Å². The molecule has 0 bridgehead atoms. The Balaban J connectivity index is 1.79. The zero-order valence-electron chi connectivity index (χ0n) is 15.4. The van der Waals surface area contributed by atoms with Crippen LogP contribution in [0.4, 0.5) is 0 Å². The van der Waals surface area contributed by atoms with Gasteiger partial charge in [-0.05, 0) is 43.5 Å². The van der Waals surface area contributed by atoms with Gasteiger partial charge in [0.05, 0.1) is 20.1 Å². The van der Waals surface area contributed by atoms with Crippen LogP contribution in [0, 0.1) is 5.92 Å². The van der Waals surface area contributed by atoms with E-state index in [9.17, 15) is 4.79 Å². The number of carbonyl (C=O) groups is 1. The summed E-state index contributed by atoms with van der Waals surface area (Å²) >= 11 is 0. The molecule has 3 rings (SSSR count). The Morgan fingerprint density at radius 2 is 1.96 bits per heavy atom. The smallest absolute Gasteiger partial charge is 0.224 e. The van der Waals surface area contributed by atoms with Gasteiger partial charge in [-0.3, -0.25) is 4.79 Å². The van der Waals surface area contributed by atoms with E-state index in [-0.39, 0.29) is 17.2 Å². The molecular weight excluding hydrogens is 316 g/mol. The van der Waals surface area contributed by atoms with Gasteiger partial charge >= 0.3 is 0 Å². The van der Waals surface area contributed by atoms with E-state index in [2.05, 4.69) is 22.8 Å². The molecule has 1 aliphatic heterocycles. The Labute approximate surface area is 150 Å². The number of carbonyl (C=O) groups excluding carboxylic acids is 1. The first-order chi connectivity index (χ1) is 12.2. The van der Waals surface area contributed by atoms with Gasteiger partial charge in [0, 0.05) is 18.5 Å². The molecule has 0 spiro atoms. The highest BCUT2D eigenvalue weighted by Gasteiger charge is 2.35. The van der Waals surface area contributed by atoms with Crippen molar-refractivity contribution in [3.8, 4) is 11.5 Å². The molecule has 1 aliphatic carbocycles. The van der Waals surface area contributed by atoms with E-state index < -0.39 is 0 Å². The summed E-state index contributed by atoms with van der Waals surface area (Å²) in [4.78, 5) is 12.5. The average molecular weight is 346 g/mol. The lowest BCUT2D eigenvalue weighted by Crippen LogP contribution is -2.44. The zero-order valence-corrected chi connectivity index (χ0v) is 15.4. The molecule has 5 nitrogen and oxygen atoms in total. The molecule has 138 valence electrons. The second kappa shape index (κ2) is 8.09. The largest absolute Gasteiger partial charge is 0.493 e. The Morgan fingerprint density at radius 1 is 1.20 bits per heavy atom. The van der Waals surface area contributed by atoms with Crippen LogP contribution in [0.5, 0.6) is 11.5 Å². The predicted octanol–water partition coefficient (Wildman–Crippen LogP) is 2.63. The van der Waals surface area contributed by atoms with Gasteiger partial charge in [-0.25, -0.2) is 0 Å². The van der Waals surface area contributed by atoms with Crippen LogP contribution in [0.2, 0.25) is 0 Å². The molecule has 25 heavy (non-hydrogen) atoms. The van der Waals surface area contributed by atoms with Crippen molar-refractivity contribution in [2.45, 2.75) is 43.9 Å². The summed E-state index contributed by atoms with van der Waals surface area (Å²) in [5.41, 5.74) is 1.24. The zero-order chi connectivity index (χ0) is 17.7. The number of methoxy groups -OCH3 is 2. The highest BCUT2D eigenvalue weighted by atomic mass is 16.5. The molecule has 1 saturated carbocycles. The third-order valence-electron chi connectivity index (χ3n) is 5.84. The lowest BCUT2D eigenvalue weighted by Gasteiger charge is -2.38. The third-order valence-corrected chi connectivity index (χ3v) is 5.84. The van der Waals surface area contributed by atoms with Crippen molar-refractivity contribution in [2.24, 2.45) is 5.92 Å². The van der Waals surface area contributed by atoms with Gasteiger partial charge in [0.15, 0.2) is 11.5 Å². The van der Waals surface area contributed by atoms with Crippen LogP contribution in [0.25, 0.3) is 0 Å². The molecule has 0 unspecified atom stereocenters. The number of hydrogen-bond acceptors (Lipinski definition) is 4. The monoisotopic (exact) mass is 346 g/mol. The number of nitrogens with one attached hydrogen (secondary N) is 2. The van der Waals surface area contributed by atoms with Crippen molar-refractivity contribution in [3.63, 3.8) is 0 Å². The van der Waals surface area contributed by atoms with Crippen LogP contribution in [0.1, 0.15) is 44.1 Å². The fraction of sp³-hybridized carbons (Fsp3) is 0.650. The van der Waals surface area contributed by atoms with Crippen LogP contribution in [0.3, 0.4) is 0 Å². The van der Waals surface area contributed by atoms with E-state index in [4.69, 9.17) is 9.47 Å². The summed E-state index contributed by atoms with van der Waals surface area (Å²) in [5, 5.41) is 6.52. The number of ether oxygens (including phenoxy) is 2. The van der Waals surface area contributed by atoms with Gasteiger partial charge < -0.3 is 20.1 Å². The van der Waals surface area contributed by atoms with E-state index >= 15 is 0 Å². The molecule has 0 radical (unpaired) electrons. The normalized spacial score (nSPS) is 22.4. The lowest BCUT2D eigenvalue weighted by atomic mass is 9.69. The molecule has 5 heteroatoms.